The molecule has 2 heterocycles. The van der Waals surface area contributed by atoms with Crippen LogP contribution in [0.15, 0.2) is 84.6 Å². The molecule has 4 rings (SSSR count). The predicted octanol–water partition coefficient (Wildman–Crippen LogP) is 6.33. The second-order valence-corrected chi connectivity index (χ2v) is 12.1. The van der Waals surface area contributed by atoms with Crippen LogP contribution in [0.2, 0.25) is 10.0 Å². The molecule has 2 aromatic rings. The van der Waals surface area contributed by atoms with E-state index in [-0.39, 0.29) is 23.7 Å². The lowest BCUT2D eigenvalue weighted by atomic mass is 9.81. The third kappa shape index (κ3) is 6.34. The fourth-order valence-corrected chi connectivity index (χ4v) is 6.02. The van der Waals surface area contributed by atoms with Crippen LogP contribution in [0.1, 0.15) is 51.7 Å². The Labute approximate surface area is 251 Å². The van der Waals surface area contributed by atoms with Gasteiger partial charge in [0.15, 0.2) is 12.3 Å². The Balaban J connectivity index is 1.55. The second-order valence-electron chi connectivity index (χ2n) is 11.2. The van der Waals surface area contributed by atoms with Crippen molar-refractivity contribution in [3.63, 3.8) is 0 Å². The molecule has 2 aliphatic heterocycles. The number of benzene rings is 2. The van der Waals surface area contributed by atoms with Gasteiger partial charge in [0.05, 0.1) is 5.41 Å². The minimum atomic E-state index is -1.09. The number of allylic oxidation sites excluding steroid dienone is 8. The number of nitrogens with zero attached hydrogens (tertiary/aromatic N) is 2. The van der Waals surface area contributed by atoms with Gasteiger partial charge in [-0.3, -0.25) is 4.79 Å². The summed E-state index contributed by atoms with van der Waals surface area (Å²) in [7, 11) is 0. The number of rotatable bonds is 10. The Morgan fingerprint density at radius 2 is 1.54 bits per heavy atom. The van der Waals surface area contributed by atoms with E-state index in [0.717, 1.165) is 33.9 Å². The van der Waals surface area contributed by atoms with Gasteiger partial charge in [-0.1, -0.05) is 67.4 Å². The van der Waals surface area contributed by atoms with Gasteiger partial charge in [0, 0.05) is 63.5 Å². The van der Waals surface area contributed by atoms with E-state index >= 15 is 0 Å². The van der Waals surface area contributed by atoms with E-state index in [1.54, 1.807) is 0 Å². The van der Waals surface area contributed by atoms with Crippen LogP contribution in [-0.4, -0.2) is 40.4 Å². The number of halogens is 2. The Bertz CT molecular complexity index is 1530. The summed E-state index contributed by atoms with van der Waals surface area (Å²) >= 11 is 12.6. The molecule has 0 saturated carbocycles. The average Bonchev–Trinajstić information content (AvgIpc) is 3.23. The molecule has 2 aromatic carbocycles. The number of carboxylic acids is 2. The number of anilines is 1. The summed E-state index contributed by atoms with van der Waals surface area (Å²) in [5.41, 5.74) is 5.31. The molecule has 0 aliphatic carbocycles. The largest absolute Gasteiger partial charge is 0.550 e. The molecule has 0 saturated heterocycles. The van der Waals surface area contributed by atoms with E-state index in [9.17, 15) is 19.8 Å². The highest BCUT2D eigenvalue weighted by Gasteiger charge is 2.44. The van der Waals surface area contributed by atoms with Crippen LogP contribution in [0, 0.1) is 0 Å². The van der Waals surface area contributed by atoms with Gasteiger partial charge < -0.3 is 19.9 Å². The van der Waals surface area contributed by atoms with Crippen molar-refractivity contribution in [3.8, 4) is 0 Å². The molecule has 214 valence electrons. The number of carbonyl (C=O) groups excluding carboxylic acids is 1. The maximum atomic E-state index is 11.3. The number of fused-ring (bicyclic) bond motifs is 2. The van der Waals surface area contributed by atoms with Crippen molar-refractivity contribution in [3.05, 3.63) is 106 Å². The predicted molar refractivity (Wildman–Crippen MR) is 163 cm³/mol. The van der Waals surface area contributed by atoms with Gasteiger partial charge in [0.1, 0.15) is 6.42 Å². The van der Waals surface area contributed by atoms with Crippen molar-refractivity contribution in [2.45, 2.75) is 51.4 Å². The summed E-state index contributed by atoms with van der Waals surface area (Å²) in [5, 5.41) is 21.8. The molecule has 6 nitrogen and oxygen atoms in total. The molecule has 0 spiro atoms. The molecule has 0 radical (unpaired) electrons. The summed E-state index contributed by atoms with van der Waals surface area (Å²) in [6.07, 6.45) is 13.6. The van der Waals surface area contributed by atoms with E-state index in [1.807, 2.05) is 83.8 Å². The normalized spacial score (nSPS) is 18.3. The van der Waals surface area contributed by atoms with Crippen molar-refractivity contribution < 1.29 is 24.4 Å². The SMILES string of the molecule is CC1(C)C(/C=C/C=C/C=C/C=C2/N(CCC(=O)[O-])c3ccc(Cl)cc3C2(C)C)=[N+](CCC(=O)O)c2ccc(Cl)cc21. The monoisotopic (exact) mass is 592 g/mol. The molecular weight excluding hydrogens is 559 g/mol. The Hall–Kier alpha value is -3.61. The lowest BCUT2D eigenvalue weighted by molar-refractivity contribution is -0.436. The third-order valence-electron chi connectivity index (χ3n) is 7.75. The zero-order valence-electron chi connectivity index (χ0n) is 23.7. The lowest BCUT2D eigenvalue weighted by Gasteiger charge is -2.27. The highest BCUT2D eigenvalue weighted by molar-refractivity contribution is 6.31. The lowest BCUT2D eigenvalue weighted by Crippen LogP contribution is -2.31. The quantitative estimate of drug-likeness (QED) is 0.257. The number of carboxylic acid groups (broad SMARTS) is 2. The first-order chi connectivity index (χ1) is 19.3. The molecule has 0 atom stereocenters. The van der Waals surface area contributed by atoms with Crippen molar-refractivity contribution in [1.29, 1.82) is 0 Å². The van der Waals surface area contributed by atoms with Crippen LogP contribution in [0.3, 0.4) is 0 Å². The summed E-state index contributed by atoms with van der Waals surface area (Å²) in [4.78, 5) is 24.5. The highest BCUT2D eigenvalue weighted by Crippen LogP contribution is 2.48. The fraction of sp³-hybridized carbons (Fsp3) is 0.303. The van der Waals surface area contributed by atoms with Gasteiger partial charge in [0.25, 0.3) is 0 Å². The summed E-state index contributed by atoms with van der Waals surface area (Å²) in [5.74, 6) is -1.94. The smallest absolute Gasteiger partial charge is 0.309 e. The van der Waals surface area contributed by atoms with E-state index < -0.39 is 11.9 Å². The minimum Gasteiger partial charge on any atom is -0.550 e. The maximum absolute atomic E-state index is 11.3. The molecule has 0 aromatic heterocycles. The molecular formula is C33H34Cl2N2O4. The molecule has 0 unspecified atom stereocenters. The van der Waals surface area contributed by atoms with Crippen LogP contribution in [0.5, 0.6) is 0 Å². The van der Waals surface area contributed by atoms with Crippen molar-refractivity contribution in [1.82, 2.24) is 0 Å². The van der Waals surface area contributed by atoms with Crippen LogP contribution < -0.4 is 10.0 Å². The van der Waals surface area contributed by atoms with Crippen LogP contribution >= 0.6 is 23.2 Å². The van der Waals surface area contributed by atoms with Crippen molar-refractivity contribution in [2.75, 3.05) is 18.0 Å². The third-order valence-corrected chi connectivity index (χ3v) is 8.22. The van der Waals surface area contributed by atoms with Gasteiger partial charge in [-0.15, -0.1) is 0 Å². The zero-order valence-corrected chi connectivity index (χ0v) is 25.2. The minimum absolute atomic E-state index is 0.0230. The van der Waals surface area contributed by atoms with Gasteiger partial charge in [-0.25, -0.2) is 0 Å². The Morgan fingerprint density at radius 3 is 2.22 bits per heavy atom. The average molecular weight is 594 g/mol. The van der Waals surface area contributed by atoms with Crippen molar-refractivity contribution in [2.24, 2.45) is 0 Å². The zero-order chi connectivity index (χ0) is 29.9. The molecule has 2 aliphatic rings. The number of hydrogen-bond acceptors (Lipinski definition) is 4. The van der Waals surface area contributed by atoms with Crippen molar-refractivity contribution >= 4 is 52.2 Å². The molecule has 8 heteroatoms. The Morgan fingerprint density at radius 1 is 0.902 bits per heavy atom. The molecule has 0 bridgehead atoms. The van der Waals surface area contributed by atoms with Gasteiger partial charge in [-0.2, -0.15) is 4.58 Å². The summed E-state index contributed by atoms with van der Waals surface area (Å²) in [6, 6.07) is 11.4. The van der Waals surface area contributed by atoms with Gasteiger partial charge in [0.2, 0.25) is 5.69 Å². The highest BCUT2D eigenvalue weighted by atomic mass is 35.5. The van der Waals surface area contributed by atoms with E-state index in [4.69, 9.17) is 23.2 Å². The Kier molecular flexibility index (Phi) is 8.95. The van der Waals surface area contributed by atoms with Crippen LogP contribution in [0.25, 0.3) is 0 Å². The second kappa shape index (κ2) is 12.1. The topological polar surface area (TPSA) is 83.7 Å². The first kappa shape index (κ1) is 30.4. The van der Waals surface area contributed by atoms with E-state index in [1.165, 1.54) is 0 Å². The molecule has 1 N–H and O–H groups in total. The first-order valence-electron chi connectivity index (χ1n) is 13.5. The summed E-state index contributed by atoms with van der Waals surface area (Å²) in [6.45, 7) is 9.09. The molecule has 0 fully saturated rings. The maximum Gasteiger partial charge on any atom is 0.309 e. The van der Waals surface area contributed by atoms with Crippen LogP contribution in [-0.2, 0) is 20.4 Å². The summed E-state index contributed by atoms with van der Waals surface area (Å²) < 4.78 is 2.05. The van der Waals surface area contributed by atoms with Crippen LogP contribution in [0.4, 0.5) is 11.4 Å². The van der Waals surface area contributed by atoms with E-state index in [2.05, 4.69) is 32.3 Å². The van der Waals surface area contributed by atoms with Gasteiger partial charge in [-0.05, 0) is 55.8 Å². The number of aliphatic carboxylic acids is 2. The standard InChI is InChI=1S/C33H34Cl2N2O4/c1-32(2)24-20-22(34)12-14-26(24)36(18-16-30(38)39)28(32)10-8-6-5-7-9-11-29-33(3,4)25-21-23(35)13-15-27(25)37(29)19-17-31(40)41/h5-15,20-21H,16-19H2,1-4H3,(H-,38,39,40,41). The first-order valence-corrected chi connectivity index (χ1v) is 14.3. The number of carbonyl (C=O) groups is 2. The van der Waals surface area contributed by atoms with E-state index in [0.29, 0.717) is 23.1 Å². The van der Waals surface area contributed by atoms with Gasteiger partial charge >= 0.3 is 5.97 Å². The molecule has 0 amide bonds. The fourth-order valence-electron chi connectivity index (χ4n) is 5.67. The number of hydrogen-bond donors (Lipinski definition) is 1. The molecule has 41 heavy (non-hydrogen) atoms.